The number of carbonyl (C=O) groups excluding carboxylic acids is 1. The fourth-order valence-electron chi connectivity index (χ4n) is 4.58. The van der Waals surface area contributed by atoms with E-state index in [4.69, 9.17) is 4.74 Å². The molecule has 1 aliphatic heterocycles. The van der Waals surface area contributed by atoms with Gasteiger partial charge in [0, 0.05) is 22.0 Å². The summed E-state index contributed by atoms with van der Waals surface area (Å²) in [6, 6.07) is 12.7. The van der Waals surface area contributed by atoms with Crippen LogP contribution in [0.15, 0.2) is 54.7 Å². The lowest BCUT2D eigenvalue weighted by Gasteiger charge is -2.24. The summed E-state index contributed by atoms with van der Waals surface area (Å²) < 4.78 is 5.67. The molecule has 2 N–H and O–H groups in total. The predicted molar refractivity (Wildman–Crippen MR) is 119 cm³/mol. The Bertz CT molecular complexity index is 1130. The van der Waals surface area contributed by atoms with Crippen LogP contribution in [0.5, 0.6) is 0 Å². The molecule has 31 heavy (non-hydrogen) atoms. The molecule has 0 spiro atoms. The first-order chi connectivity index (χ1) is 14.7. The van der Waals surface area contributed by atoms with Crippen molar-refractivity contribution in [2.75, 3.05) is 0 Å². The zero-order valence-corrected chi connectivity index (χ0v) is 18.1. The second-order valence-electron chi connectivity index (χ2n) is 9.10. The van der Waals surface area contributed by atoms with Gasteiger partial charge in [0.05, 0.1) is 5.92 Å². The van der Waals surface area contributed by atoms with Crippen LogP contribution in [-0.4, -0.2) is 33.6 Å². The van der Waals surface area contributed by atoms with Gasteiger partial charge in [-0.3, -0.25) is 20.2 Å². The van der Waals surface area contributed by atoms with Crippen molar-refractivity contribution in [2.45, 2.75) is 57.3 Å². The van der Waals surface area contributed by atoms with E-state index >= 15 is 0 Å². The Balaban J connectivity index is 1.86. The largest absolute Gasteiger partial charge is 0.459 e. The molecule has 1 saturated heterocycles. The maximum atomic E-state index is 13.2. The lowest BCUT2D eigenvalue weighted by Crippen LogP contribution is -2.41. The molecule has 4 rings (SSSR count). The number of aromatic amines is 1. The van der Waals surface area contributed by atoms with E-state index in [9.17, 15) is 14.9 Å². The average molecular weight is 421 g/mol. The molecule has 3 aromatic rings. The van der Waals surface area contributed by atoms with E-state index in [0.717, 1.165) is 27.6 Å². The summed E-state index contributed by atoms with van der Waals surface area (Å²) in [5.41, 5.74) is 2.68. The van der Waals surface area contributed by atoms with Gasteiger partial charge in [-0.2, -0.15) is 0 Å². The molecule has 162 valence electrons. The Morgan fingerprint density at radius 3 is 2.42 bits per heavy atom. The highest BCUT2D eigenvalue weighted by atomic mass is 16.6. The van der Waals surface area contributed by atoms with Gasteiger partial charge in [-0.1, -0.05) is 42.5 Å². The van der Waals surface area contributed by atoms with Gasteiger partial charge in [0.2, 0.25) is 6.04 Å². The van der Waals surface area contributed by atoms with E-state index in [2.05, 4.69) is 10.3 Å². The number of H-pyrrole nitrogens is 1. The molecule has 4 atom stereocenters. The number of aromatic nitrogens is 1. The highest BCUT2D eigenvalue weighted by Crippen LogP contribution is 2.43. The third-order valence-corrected chi connectivity index (χ3v) is 5.84. The van der Waals surface area contributed by atoms with Crippen LogP contribution >= 0.6 is 0 Å². The van der Waals surface area contributed by atoms with Gasteiger partial charge in [0.1, 0.15) is 17.7 Å². The highest BCUT2D eigenvalue weighted by molar-refractivity contribution is 5.86. The Morgan fingerprint density at radius 2 is 1.74 bits per heavy atom. The van der Waals surface area contributed by atoms with Gasteiger partial charge in [0.25, 0.3) is 0 Å². The normalized spacial score (nSPS) is 23.7. The third-order valence-electron chi connectivity index (χ3n) is 5.84. The molecule has 2 heterocycles. The minimum absolute atomic E-state index is 0.263. The predicted octanol–water partition coefficient (Wildman–Crippen LogP) is 4.26. The smallest absolute Gasteiger partial charge is 0.324 e. The molecule has 0 unspecified atom stereocenters. The molecular weight excluding hydrogens is 394 g/mol. The van der Waals surface area contributed by atoms with Gasteiger partial charge in [-0.05, 0) is 50.5 Å². The van der Waals surface area contributed by atoms with Crippen LogP contribution in [0.3, 0.4) is 0 Å². The van der Waals surface area contributed by atoms with Crippen LogP contribution in [0.4, 0.5) is 0 Å². The lowest BCUT2D eigenvalue weighted by atomic mass is 9.84. The van der Waals surface area contributed by atoms with Crippen molar-refractivity contribution in [3.63, 3.8) is 0 Å². The molecule has 0 saturated carbocycles. The fraction of sp³-hybridized carbons (Fsp3) is 0.375. The SMILES string of the molecule is Cc1ccccc1[C@H]1N[C@H](C(=O)OC(C)(C)C)[C@@H](c2c[nH]c3ccccc23)[C@@H]1[N+](=O)[O-]. The first-order valence-corrected chi connectivity index (χ1v) is 10.4. The standard InChI is InChI=1S/C24H27N3O4/c1-14-9-5-6-10-15(14)20-22(27(29)30)19(21(26-20)23(28)31-24(2,3)4)17-13-25-18-12-8-7-11-16(17)18/h5-13,19-22,25-26H,1-4H3/t19-,20-,21+,22+/m1/s1. The molecule has 1 aliphatic rings. The topological polar surface area (TPSA) is 97.3 Å². The van der Waals surface area contributed by atoms with Crippen LogP contribution in [0, 0.1) is 17.0 Å². The van der Waals surface area contributed by atoms with Crippen molar-refractivity contribution in [3.8, 4) is 0 Å². The van der Waals surface area contributed by atoms with Gasteiger partial charge in [-0.25, -0.2) is 0 Å². The first-order valence-electron chi connectivity index (χ1n) is 10.4. The maximum Gasteiger partial charge on any atom is 0.324 e. The van der Waals surface area contributed by atoms with Crippen molar-refractivity contribution >= 4 is 16.9 Å². The number of rotatable bonds is 4. The fourth-order valence-corrected chi connectivity index (χ4v) is 4.58. The summed E-state index contributed by atoms with van der Waals surface area (Å²) in [5, 5.41) is 16.5. The second-order valence-corrected chi connectivity index (χ2v) is 9.10. The van der Waals surface area contributed by atoms with Crippen molar-refractivity contribution in [2.24, 2.45) is 0 Å². The molecule has 0 radical (unpaired) electrons. The Morgan fingerprint density at radius 1 is 1.06 bits per heavy atom. The van der Waals surface area contributed by atoms with E-state index < -0.39 is 35.6 Å². The summed E-state index contributed by atoms with van der Waals surface area (Å²) >= 11 is 0. The number of nitro groups is 1. The molecule has 0 aliphatic carbocycles. The van der Waals surface area contributed by atoms with Gasteiger partial charge >= 0.3 is 5.97 Å². The number of nitrogens with one attached hydrogen (secondary N) is 2. The molecule has 7 nitrogen and oxygen atoms in total. The Hall–Kier alpha value is -3.19. The van der Waals surface area contributed by atoms with Crippen molar-refractivity contribution in [1.29, 1.82) is 0 Å². The van der Waals surface area contributed by atoms with E-state index in [0.29, 0.717) is 0 Å². The number of para-hydroxylation sites is 1. The molecule has 1 aromatic heterocycles. The van der Waals surface area contributed by atoms with Crippen molar-refractivity contribution in [3.05, 3.63) is 81.5 Å². The maximum absolute atomic E-state index is 13.2. The number of fused-ring (bicyclic) bond motifs is 1. The Labute approximate surface area is 181 Å². The molecule has 2 aromatic carbocycles. The second kappa shape index (κ2) is 7.81. The first kappa shape index (κ1) is 21.1. The van der Waals surface area contributed by atoms with Crippen molar-refractivity contribution in [1.82, 2.24) is 10.3 Å². The van der Waals surface area contributed by atoms with E-state index in [-0.39, 0.29) is 4.92 Å². The van der Waals surface area contributed by atoms with Crippen LogP contribution in [0.2, 0.25) is 0 Å². The summed E-state index contributed by atoms with van der Waals surface area (Å²) in [4.78, 5) is 28.5. The highest BCUT2D eigenvalue weighted by Gasteiger charge is 2.56. The summed E-state index contributed by atoms with van der Waals surface area (Å²) in [7, 11) is 0. The number of hydrogen-bond donors (Lipinski definition) is 2. The number of carbonyl (C=O) groups is 1. The van der Waals surface area contributed by atoms with Gasteiger partial charge < -0.3 is 9.72 Å². The molecule has 0 amide bonds. The zero-order valence-electron chi connectivity index (χ0n) is 18.1. The molecule has 1 fully saturated rings. The van der Waals surface area contributed by atoms with Crippen LogP contribution in [0.1, 0.15) is 49.4 Å². The summed E-state index contributed by atoms with van der Waals surface area (Å²) in [6.07, 6.45) is 1.78. The average Bonchev–Trinajstić information content (AvgIpc) is 3.28. The van der Waals surface area contributed by atoms with E-state index in [1.54, 1.807) is 27.0 Å². The number of benzene rings is 2. The molecular formula is C24H27N3O4. The lowest BCUT2D eigenvalue weighted by molar-refractivity contribution is -0.527. The van der Waals surface area contributed by atoms with Crippen molar-refractivity contribution < 1.29 is 14.5 Å². The monoisotopic (exact) mass is 421 g/mol. The number of aryl methyl sites for hydroxylation is 1. The van der Waals surface area contributed by atoms with Gasteiger partial charge in [0.15, 0.2) is 0 Å². The van der Waals surface area contributed by atoms with Crippen LogP contribution in [0.25, 0.3) is 10.9 Å². The minimum atomic E-state index is -1.03. The number of hydrogen-bond acceptors (Lipinski definition) is 5. The zero-order chi connectivity index (χ0) is 22.3. The molecule has 0 bridgehead atoms. The van der Waals surface area contributed by atoms with E-state index in [1.165, 1.54) is 0 Å². The summed E-state index contributed by atoms with van der Waals surface area (Å²) in [5.74, 6) is -1.17. The number of ether oxygens (including phenoxy) is 1. The summed E-state index contributed by atoms with van der Waals surface area (Å²) in [6.45, 7) is 7.31. The Kier molecular flexibility index (Phi) is 5.31. The van der Waals surface area contributed by atoms with E-state index in [1.807, 2.05) is 55.5 Å². The minimum Gasteiger partial charge on any atom is -0.459 e. The number of esters is 1. The molecule has 7 heteroatoms. The third kappa shape index (κ3) is 3.93. The van der Waals surface area contributed by atoms with Crippen LogP contribution in [-0.2, 0) is 9.53 Å². The quantitative estimate of drug-likeness (QED) is 0.373. The van der Waals surface area contributed by atoms with Crippen LogP contribution < -0.4 is 5.32 Å². The van der Waals surface area contributed by atoms with Gasteiger partial charge in [-0.15, -0.1) is 0 Å². The number of nitrogens with zero attached hydrogens (tertiary/aromatic N) is 1.